The van der Waals surface area contributed by atoms with Crippen LogP contribution < -0.4 is 5.32 Å². The summed E-state index contributed by atoms with van der Waals surface area (Å²) in [6.07, 6.45) is 4.54. The van der Waals surface area contributed by atoms with E-state index in [4.69, 9.17) is 4.74 Å². The van der Waals surface area contributed by atoms with E-state index in [0.717, 1.165) is 43.2 Å². The lowest BCUT2D eigenvalue weighted by molar-refractivity contribution is -0.151. The Morgan fingerprint density at radius 3 is 2.59 bits per heavy atom. The highest BCUT2D eigenvalue weighted by molar-refractivity contribution is 7.98. The van der Waals surface area contributed by atoms with Gasteiger partial charge in [-0.1, -0.05) is 43.2 Å². The van der Waals surface area contributed by atoms with Crippen molar-refractivity contribution in [1.82, 2.24) is 10.2 Å². The minimum atomic E-state index is -1.00. The number of esters is 1. The topological polar surface area (TPSA) is 125 Å². The fourth-order valence-electron chi connectivity index (χ4n) is 5.24. The molecule has 1 aliphatic carbocycles. The fourth-order valence-corrected chi connectivity index (χ4v) is 5.93. The summed E-state index contributed by atoms with van der Waals surface area (Å²) in [4.78, 5) is 51.1. The summed E-state index contributed by atoms with van der Waals surface area (Å²) < 4.78 is 8.20. The highest BCUT2D eigenvalue weighted by Gasteiger charge is 2.48. The molecule has 0 spiro atoms. The van der Waals surface area contributed by atoms with Crippen LogP contribution in [0.1, 0.15) is 51.5 Å². The van der Waals surface area contributed by atoms with Crippen molar-refractivity contribution in [3.63, 3.8) is 0 Å². The van der Waals surface area contributed by atoms with Gasteiger partial charge >= 0.3 is 11.9 Å². The number of hydrogen-bond acceptors (Lipinski definition) is 8. The number of carbonyl (C=O) groups is 3. The lowest BCUT2D eigenvalue weighted by Gasteiger charge is -2.36. The largest absolute Gasteiger partial charge is 0.480 e. The molecule has 1 saturated heterocycles. The molecule has 1 amide bonds. The molecule has 0 radical (unpaired) electrons. The first-order valence-electron chi connectivity index (χ1n) is 11.9. The van der Waals surface area contributed by atoms with E-state index >= 15 is 0 Å². The molecule has 186 valence electrons. The van der Waals surface area contributed by atoms with Crippen molar-refractivity contribution in [3.05, 3.63) is 40.8 Å². The van der Waals surface area contributed by atoms with E-state index in [9.17, 15) is 24.4 Å². The summed E-state index contributed by atoms with van der Waals surface area (Å²) in [7, 11) is 0. The van der Waals surface area contributed by atoms with Gasteiger partial charge in [-0.15, -0.1) is 4.91 Å². The van der Waals surface area contributed by atoms with Crippen LogP contribution in [0.5, 0.6) is 0 Å². The zero-order valence-corrected chi connectivity index (χ0v) is 20.4. The molecule has 0 bridgehead atoms. The number of fused-ring (bicyclic) bond motifs is 1. The third kappa shape index (κ3) is 6.15. The van der Waals surface area contributed by atoms with Crippen LogP contribution in [-0.2, 0) is 25.5 Å². The van der Waals surface area contributed by atoms with Gasteiger partial charge in [-0.25, -0.2) is 4.79 Å². The number of carboxylic acids is 1. The zero-order chi connectivity index (χ0) is 24.7. The number of nitrogens with one attached hydrogen (secondary N) is 1. The van der Waals surface area contributed by atoms with Crippen LogP contribution in [0.3, 0.4) is 0 Å². The van der Waals surface area contributed by atoms with Crippen molar-refractivity contribution in [3.8, 4) is 0 Å². The number of carboxylic acid groups (broad SMARTS) is 1. The minimum Gasteiger partial charge on any atom is -0.480 e. The summed E-state index contributed by atoms with van der Waals surface area (Å²) in [6, 6.07) is 6.60. The number of amides is 1. The van der Waals surface area contributed by atoms with Crippen LogP contribution in [-0.4, -0.2) is 63.9 Å². The van der Waals surface area contributed by atoms with Crippen LogP contribution in [0.4, 0.5) is 0 Å². The van der Waals surface area contributed by atoms with E-state index in [0.29, 0.717) is 12.8 Å². The van der Waals surface area contributed by atoms with Gasteiger partial charge in [-0.05, 0) is 51.0 Å². The smallest absolute Gasteiger partial charge is 0.326 e. The van der Waals surface area contributed by atoms with Gasteiger partial charge in [-0.3, -0.25) is 14.9 Å². The van der Waals surface area contributed by atoms with Crippen LogP contribution >= 0.6 is 11.9 Å². The predicted molar refractivity (Wildman–Crippen MR) is 129 cm³/mol. The highest BCUT2D eigenvalue weighted by atomic mass is 32.2. The maximum atomic E-state index is 13.5. The number of nitroso groups, excluding NO2 is 1. The van der Waals surface area contributed by atoms with Crippen molar-refractivity contribution in [2.75, 3.05) is 6.61 Å². The molecule has 2 N–H and O–H groups in total. The van der Waals surface area contributed by atoms with E-state index in [1.54, 1.807) is 13.8 Å². The van der Waals surface area contributed by atoms with Crippen LogP contribution in [0.15, 0.2) is 34.9 Å². The molecular weight excluding hydrogens is 458 g/mol. The van der Waals surface area contributed by atoms with Gasteiger partial charge in [-0.2, -0.15) is 0 Å². The average molecular weight is 492 g/mol. The Morgan fingerprint density at radius 2 is 1.94 bits per heavy atom. The van der Waals surface area contributed by atoms with Gasteiger partial charge in [0, 0.05) is 22.6 Å². The highest BCUT2D eigenvalue weighted by Crippen LogP contribution is 2.40. The number of nitrogens with zero attached hydrogens (tertiary/aromatic N) is 2. The number of carbonyl (C=O) groups excluding carboxylic acids is 2. The zero-order valence-electron chi connectivity index (χ0n) is 19.6. The number of rotatable bonds is 11. The van der Waals surface area contributed by atoms with Crippen molar-refractivity contribution in [2.24, 2.45) is 10.5 Å². The Hall–Kier alpha value is -2.46. The predicted octanol–water partition coefficient (Wildman–Crippen LogP) is 3.17. The summed E-state index contributed by atoms with van der Waals surface area (Å²) >= 11 is 0.730. The monoisotopic (exact) mass is 491 g/mol. The Bertz CT molecular complexity index is 870. The summed E-state index contributed by atoms with van der Waals surface area (Å²) in [5.74, 6) is -1.74. The standard InChI is InChI=1S/C24H33N3O6S/c1-3-33-24(31)21(20(34-26-32)13-16-9-5-4-6-10-16)25-15(2)22(28)27-18-12-8-7-11-17(18)14-19(27)23(29)30/h4-6,9-10,15,17-21,25H,3,7-8,11-14H2,1-2H3,(H,29,30)/t15-,17?,18?,19+,20?,21?/m1/s1. The molecule has 6 atom stereocenters. The van der Waals surface area contributed by atoms with E-state index < -0.39 is 35.3 Å². The maximum Gasteiger partial charge on any atom is 0.326 e. The second-order valence-electron chi connectivity index (χ2n) is 8.97. The average Bonchev–Trinajstić information content (AvgIpc) is 3.22. The summed E-state index contributed by atoms with van der Waals surface area (Å²) in [5.41, 5.74) is 0.911. The molecule has 0 aromatic heterocycles. The lowest BCUT2D eigenvalue weighted by Crippen LogP contribution is -2.57. The number of hydrogen-bond donors (Lipinski definition) is 2. The quantitative estimate of drug-likeness (QED) is 0.275. The molecule has 3 rings (SSSR count). The van der Waals surface area contributed by atoms with Crippen molar-refractivity contribution in [1.29, 1.82) is 0 Å². The molecular formula is C24H33N3O6S. The van der Waals surface area contributed by atoms with E-state index in [2.05, 4.69) is 9.90 Å². The molecule has 1 heterocycles. The maximum absolute atomic E-state index is 13.5. The normalized spacial score (nSPS) is 24.5. The Morgan fingerprint density at radius 1 is 1.24 bits per heavy atom. The van der Waals surface area contributed by atoms with E-state index in [1.807, 2.05) is 30.3 Å². The molecule has 10 heteroatoms. The minimum absolute atomic E-state index is 0.0984. The van der Waals surface area contributed by atoms with E-state index in [-0.39, 0.29) is 24.5 Å². The molecule has 34 heavy (non-hydrogen) atoms. The molecule has 2 aliphatic rings. The molecule has 1 saturated carbocycles. The number of likely N-dealkylation sites (tertiary alicyclic amines) is 1. The third-order valence-corrected chi connectivity index (χ3v) is 7.59. The Kier molecular flexibility index (Phi) is 9.46. The lowest BCUT2D eigenvalue weighted by atomic mass is 9.84. The fraction of sp³-hybridized carbons (Fsp3) is 0.625. The van der Waals surface area contributed by atoms with E-state index in [1.165, 1.54) is 4.90 Å². The molecule has 9 nitrogen and oxygen atoms in total. The first kappa shape index (κ1) is 26.2. The molecule has 4 unspecified atom stereocenters. The van der Waals surface area contributed by atoms with Gasteiger partial charge in [0.1, 0.15) is 12.1 Å². The van der Waals surface area contributed by atoms with Crippen LogP contribution in [0, 0.1) is 10.8 Å². The van der Waals surface area contributed by atoms with Gasteiger partial charge in [0.2, 0.25) is 5.91 Å². The number of aliphatic carboxylic acids is 1. The Labute approximate surface area is 204 Å². The van der Waals surface area contributed by atoms with Crippen molar-refractivity contribution in [2.45, 2.75) is 81.8 Å². The molecule has 1 aliphatic heterocycles. The SMILES string of the molecule is CCOC(=O)C(N[C@H](C)C(=O)N1C2CCCCC2C[C@H]1C(=O)O)C(Cc1ccccc1)SN=O. The Balaban J connectivity index is 1.81. The van der Waals surface area contributed by atoms with Gasteiger partial charge < -0.3 is 14.7 Å². The first-order chi connectivity index (χ1) is 16.4. The second-order valence-corrected chi connectivity index (χ2v) is 9.94. The van der Waals surface area contributed by atoms with Gasteiger partial charge in [0.05, 0.1) is 17.9 Å². The third-order valence-electron chi connectivity index (χ3n) is 6.80. The number of benzene rings is 1. The van der Waals surface area contributed by atoms with Crippen LogP contribution in [0.25, 0.3) is 0 Å². The first-order valence-corrected chi connectivity index (χ1v) is 12.7. The number of ether oxygens (including phenoxy) is 1. The molecule has 1 aromatic carbocycles. The van der Waals surface area contributed by atoms with Gasteiger partial charge in [0.25, 0.3) is 0 Å². The summed E-state index contributed by atoms with van der Waals surface area (Å²) in [5, 5.41) is 12.2. The molecule has 2 fully saturated rings. The summed E-state index contributed by atoms with van der Waals surface area (Å²) in [6.45, 7) is 3.46. The van der Waals surface area contributed by atoms with Gasteiger partial charge in [0.15, 0.2) is 0 Å². The second kappa shape index (κ2) is 12.3. The molecule has 1 aromatic rings. The van der Waals surface area contributed by atoms with Crippen molar-refractivity contribution >= 4 is 29.8 Å². The van der Waals surface area contributed by atoms with Crippen LogP contribution in [0.2, 0.25) is 0 Å². The van der Waals surface area contributed by atoms with Crippen molar-refractivity contribution < 1.29 is 24.2 Å².